The number of esters is 1. The number of hydrogen-bond acceptors (Lipinski definition) is 5. The molecule has 136 valence electrons. The van der Waals surface area contributed by atoms with Gasteiger partial charge in [0, 0.05) is 25.9 Å². The third kappa shape index (κ3) is 4.81. The van der Waals surface area contributed by atoms with Gasteiger partial charge in [0.2, 0.25) is 5.91 Å². The van der Waals surface area contributed by atoms with Gasteiger partial charge < -0.3 is 14.4 Å². The highest BCUT2D eigenvalue weighted by Gasteiger charge is 2.29. The van der Waals surface area contributed by atoms with Crippen LogP contribution in [0.15, 0.2) is 18.2 Å². The minimum absolute atomic E-state index is 0.103. The van der Waals surface area contributed by atoms with E-state index in [0.29, 0.717) is 24.4 Å². The Bertz CT molecular complexity index is 655. The molecule has 6 heteroatoms. The predicted molar refractivity (Wildman–Crippen MR) is 92.6 cm³/mol. The molecule has 6 nitrogen and oxygen atoms in total. The van der Waals surface area contributed by atoms with E-state index >= 15 is 0 Å². The molecule has 1 aliphatic rings. The SMILES string of the molecule is COC(=O)C1CCCN(C(=O)CCC(=O)c2cc(C)ccc2OC)C1. The number of rotatable bonds is 6. The molecule has 0 bridgehead atoms. The summed E-state index contributed by atoms with van der Waals surface area (Å²) in [5, 5.41) is 0. The van der Waals surface area contributed by atoms with Gasteiger partial charge in [0.1, 0.15) is 5.75 Å². The van der Waals surface area contributed by atoms with Crippen molar-refractivity contribution in [3.05, 3.63) is 29.3 Å². The third-order valence-corrected chi connectivity index (χ3v) is 4.53. The van der Waals surface area contributed by atoms with E-state index in [1.165, 1.54) is 14.2 Å². The summed E-state index contributed by atoms with van der Waals surface area (Å²) < 4.78 is 10.00. The molecule has 1 fully saturated rings. The first-order valence-corrected chi connectivity index (χ1v) is 8.49. The molecule has 1 atom stereocenters. The molecule has 0 saturated carbocycles. The van der Waals surface area contributed by atoms with Crippen molar-refractivity contribution in [3.63, 3.8) is 0 Å². The van der Waals surface area contributed by atoms with Crippen molar-refractivity contribution in [2.24, 2.45) is 5.92 Å². The number of piperidine rings is 1. The number of Topliss-reactive ketones (excluding diaryl/α,β-unsaturated/α-hetero) is 1. The number of methoxy groups -OCH3 is 2. The van der Waals surface area contributed by atoms with E-state index < -0.39 is 0 Å². The van der Waals surface area contributed by atoms with Crippen LogP contribution in [0.25, 0.3) is 0 Å². The lowest BCUT2D eigenvalue weighted by molar-refractivity contribution is -0.149. The number of aryl methyl sites for hydroxylation is 1. The molecule has 1 amide bonds. The summed E-state index contributed by atoms with van der Waals surface area (Å²) in [6.45, 7) is 2.89. The Balaban J connectivity index is 1.94. The maximum atomic E-state index is 12.5. The first-order valence-electron chi connectivity index (χ1n) is 8.49. The summed E-state index contributed by atoms with van der Waals surface area (Å²) in [5.74, 6) is -0.246. The predicted octanol–water partition coefficient (Wildman–Crippen LogP) is 2.38. The van der Waals surface area contributed by atoms with Crippen LogP contribution >= 0.6 is 0 Å². The molecular weight excluding hydrogens is 322 g/mol. The van der Waals surface area contributed by atoms with E-state index in [1.54, 1.807) is 17.0 Å². The number of hydrogen-bond donors (Lipinski definition) is 0. The second-order valence-electron chi connectivity index (χ2n) is 6.33. The van der Waals surface area contributed by atoms with Gasteiger partial charge in [-0.15, -0.1) is 0 Å². The van der Waals surface area contributed by atoms with Crippen LogP contribution in [0.5, 0.6) is 5.75 Å². The van der Waals surface area contributed by atoms with Gasteiger partial charge in [-0.2, -0.15) is 0 Å². The Labute approximate surface area is 148 Å². The molecule has 0 aliphatic carbocycles. The van der Waals surface area contributed by atoms with Crippen LogP contribution < -0.4 is 4.74 Å². The van der Waals surface area contributed by atoms with Crippen molar-refractivity contribution in [2.45, 2.75) is 32.6 Å². The molecule has 0 spiro atoms. The maximum Gasteiger partial charge on any atom is 0.310 e. The van der Waals surface area contributed by atoms with Gasteiger partial charge in [-0.3, -0.25) is 14.4 Å². The van der Waals surface area contributed by atoms with E-state index in [9.17, 15) is 14.4 Å². The Morgan fingerprint density at radius 3 is 2.64 bits per heavy atom. The van der Waals surface area contributed by atoms with Crippen LogP contribution in [0.1, 0.15) is 41.6 Å². The molecule has 1 unspecified atom stereocenters. The second kappa shape index (κ2) is 8.65. The minimum Gasteiger partial charge on any atom is -0.496 e. The monoisotopic (exact) mass is 347 g/mol. The van der Waals surface area contributed by atoms with Crippen LogP contribution in [0.4, 0.5) is 0 Å². The van der Waals surface area contributed by atoms with E-state index in [0.717, 1.165) is 18.4 Å². The Morgan fingerprint density at radius 2 is 1.96 bits per heavy atom. The van der Waals surface area contributed by atoms with Gasteiger partial charge in [-0.05, 0) is 31.9 Å². The van der Waals surface area contributed by atoms with Gasteiger partial charge in [-0.1, -0.05) is 11.6 Å². The lowest BCUT2D eigenvalue weighted by atomic mass is 9.97. The number of amides is 1. The molecule has 0 aromatic heterocycles. The Kier molecular flexibility index (Phi) is 6.56. The average Bonchev–Trinajstić information content (AvgIpc) is 2.65. The summed E-state index contributed by atoms with van der Waals surface area (Å²) in [6, 6.07) is 5.41. The summed E-state index contributed by atoms with van der Waals surface area (Å²) in [4.78, 5) is 38.2. The van der Waals surface area contributed by atoms with Gasteiger partial charge >= 0.3 is 5.97 Å². The van der Waals surface area contributed by atoms with Crippen LogP contribution in [-0.4, -0.2) is 49.9 Å². The minimum atomic E-state index is -0.280. The molecule has 1 aliphatic heterocycles. The average molecular weight is 347 g/mol. The van der Waals surface area contributed by atoms with E-state index in [1.807, 2.05) is 13.0 Å². The second-order valence-corrected chi connectivity index (χ2v) is 6.33. The number of carbonyl (C=O) groups is 3. The fourth-order valence-electron chi connectivity index (χ4n) is 3.12. The van der Waals surface area contributed by atoms with E-state index in [2.05, 4.69) is 0 Å². The lowest BCUT2D eigenvalue weighted by Crippen LogP contribution is -2.42. The largest absolute Gasteiger partial charge is 0.496 e. The highest BCUT2D eigenvalue weighted by atomic mass is 16.5. The smallest absolute Gasteiger partial charge is 0.310 e. The Hall–Kier alpha value is -2.37. The number of ether oxygens (including phenoxy) is 2. The molecule has 0 N–H and O–H groups in total. The van der Waals surface area contributed by atoms with Gasteiger partial charge in [0.25, 0.3) is 0 Å². The fraction of sp³-hybridized carbons (Fsp3) is 0.526. The lowest BCUT2D eigenvalue weighted by Gasteiger charge is -2.31. The zero-order valence-corrected chi connectivity index (χ0v) is 15.0. The van der Waals surface area contributed by atoms with Gasteiger partial charge in [-0.25, -0.2) is 0 Å². The van der Waals surface area contributed by atoms with Crippen LogP contribution in [0, 0.1) is 12.8 Å². The molecule has 2 rings (SSSR count). The zero-order chi connectivity index (χ0) is 18.4. The first kappa shape index (κ1) is 19.0. The summed E-state index contributed by atoms with van der Waals surface area (Å²) >= 11 is 0. The number of benzene rings is 1. The first-order chi connectivity index (χ1) is 12.0. The summed E-state index contributed by atoms with van der Waals surface area (Å²) in [6.07, 6.45) is 1.75. The standard InChI is InChI=1S/C19H25NO5/c1-13-6-8-17(24-2)15(11-13)16(21)7-9-18(22)20-10-4-5-14(12-20)19(23)25-3/h6,8,11,14H,4-5,7,9-10,12H2,1-3H3. The normalized spacial score (nSPS) is 17.1. The quantitative estimate of drug-likeness (QED) is 0.583. The van der Waals surface area contributed by atoms with Crippen LogP contribution in [-0.2, 0) is 14.3 Å². The van der Waals surface area contributed by atoms with Crippen LogP contribution in [0.3, 0.4) is 0 Å². The summed E-state index contributed by atoms with van der Waals surface area (Å²) in [5.41, 5.74) is 1.47. The van der Waals surface area contributed by atoms with E-state index in [4.69, 9.17) is 9.47 Å². The van der Waals surface area contributed by atoms with Crippen molar-refractivity contribution in [1.29, 1.82) is 0 Å². The number of nitrogens with zero attached hydrogens (tertiary/aromatic N) is 1. The van der Waals surface area contributed by atoms with Crippen molar-refractivity contribution in [2.75, 3.05) is 27.3 Å². The van der Waals surface area contributed by atoms with Crippen molar-refractivity contribution >= 4 is 17.7 Å². The molecular formula is C19H25NO5. The number of ketones is 1. The number of likely N-dealkylation sites (tertiary alicyclic amines) is 1. The van der Waals surface area contributed by atoms with Gasteiger partial charge in [0.15, 0.2) is 5.78 Å². The third-order valence-electron chi connectivity index (χ3n) is 4.53. The summed E-state index contributed by atoms with van der Waals surface area (Å²) in [7, 11) is 2.88. The molecule has 0 radical (unpaired) electrons. The molecule has 1 heterocycles. The van der Waals surface area contributed by atoms with Crippen molar-refractivity contribution in [3.8, 4) is 5.75 Å². The van der Waals surface area contributed by atoms with Crippen LogP contribution in [0.2, 0.25) is 0 Å². The molecule has 1 saturated heterocycles. The van der Waals surface area contributed by atoms with E-state index in [-0.39, 0.29) is 36.4 Å². The highest BCUT2D eigenvalue weighted by Crippen LogP contribution is 2.23. The van der Waals surface area contributed by atoms with Gasteiger partial charge in [0.05, 0.1) is 25.7 Å². The molecule has 25 heavy (non-hydrogen) atoms. The highest BCUT2D eigenvalue weighted by molar-refractivity contribution is 6.00. The number of carbonyl (C=O) groups excluding carboxylic acids is 3. The Morgan fingerprint density at radius 1 is 1.20 bits per heavy atom. The maximum absolute atomic E-state index is 12.5. The topological polar surface area (TPSA) is 72.9 Å². The van der Waals surface area contributed by atoms with Crippen molar-refractivity contribution < 1.29 is 23.9 Å². The molecule has 1 aromatic carbocycles. The zero-order valence-electron chi connectivity index (χ0n) is 15.0. The fourth-order valence-corrected chi connectivity index (χ4v) is 3.12. The molecule has 1 aromatic rings. The van der Waals surface area contributed by atoms with Crippen molar-refractivity contribution in [1.82, 2.24) is 4.90 Å².